The molecule has 1 atom stereocenters. The van der Waals surface area contributed by atoms with E-state index in [2.05, 4.69) is 13.5 Å². The molecule has 0 aliphatic carbocycles. The molecule has 0 fully saturated rings. The Labute approximate surface area is 194 Å². The van der Waals surface area contributed by atoms with Gasteiger partial charge in [-0.1, -0.05) is 102 Å². The molecule has 0 bridgehead atoms. The second-order valence-electron chi connectivity index (χ2n) is 8.72. The number of hydrogen-bond donors (Lipinski definition) is 0. The summed E-state index contributed by atoms with van der Waals surface area (Å²) >= 11 is 0. The molecule has 0 aliphatic rings. The molecule has 0 amide bonds. The number of carbonyl (C=O) groups is 1. The van der Waals surface area contributed by atoms with Crippen LogP contribution in [0.1, 0.15) is 109 Å². The molecule has 0 spiro atoms. The fraction of sp³-hybridized carbons (Fsp3) is 0.667. The number of rotatable bonds is 20. The molecule has 0 heterocycles. The minimum Gasteiger partial charge on any atom is -0.459 e. The lowest BCUT2D eigenvalue weighted by Crippen LogP contribution is -2.16. The second kappa shape index (κ2) is 18.4. The highest BCUT2D eigenvalue weighted by atomic mass is 16.6. The lowest BCUT2D eigenvalue weighted by molar-refractivity contribution is -0.385. The number of unbranched alkanes of at least 4 members (excludes halogenated alkanes) is 11. The van der Waals surface area contributed by atoms with Crippen LogP contribution in [0.25, 0.3) is 0 Å². The molecule has 0 saturated heterocycles. The Balaban J connectivity index is 1.92. The lowest BCUT2D eigenvalue weighted by atomic mass is 10.0. The van der Waals surface area contributed by atoms with E-state index in [1.165, 1.54) is 63.9 Å². The van der Waals surface area contributed by atoms with Crippen molar-refractivity contribution in [2.45, 2.75) is 116 Å². The van der Waals surface area contributed by atoms with Crippen molar-refractivity contribution in [2.24, 2.45) is 0 Å². The summed E-state index contributed by atoms with van der Waals surface area (Å²) < 4.78 is 5.40. The summed E-state index contributed by atoms with van der Waals surface area (Å²) in [7, 11) is 0. The molecular formula is C27H43NO4. The van der Waals surface area contributed by atoms with Gasteiger partial charge in [-0.3, -0.25) is 10.1 Å². The Morgan fingerprint density at radius 1 is 0.938 bits per heavy atom. The third kappa shape index (κ3) is 13.3. The predicted molar refractivity (Wildman–Crippen MR) is 132 cm³/mol. The van der Waals surface area contributed by atoms with Gasteiger partial charge in [-0.25, -0.2) is 4.79 Å². The standard InChI is InChI=1S/C27H43NO4/c1-3-19-25(32-27(29)4-2)22-16-14-12-10-8-6-5-7-9-11-13-15-20-24-21-17-18-23-26(24)28(30)31/h4,17-18,21,23,25H,2-3,5-16,19-20,22H2,1H3/t25-/m0/s1. The second-order valence-corrected chi connectivity index (χ2v) is 8.72. The first-order valence-corrected chi connectivity index (χ1v) is 12.6. The van der Waals surface area contributed by atoms with Crippen molar-refractivity contribution in [3.05, 3.63) is 52.6 Å². The van der Waals surface area contributed by atoms with Gasteiger partial charge >= 0.3 is 5.97 Å². The number of aryl methyl sites for hydroxylation is 1. The van der Waals surface area contributed by atoms with Crippen LogP contribution in [-0.4, -0.2) is 17.0 Å². The molecule has 32 heavy (non-hydrogen) atoms. The molecule has 0 aliphatic heterocycles. The van der Waals surface area contributed by atoms with E-state index in [1.807, 2.05) is 12.1 Å². The number of ether oxygens (including phenoxy) is 1. The Morgan fingerprint density at radius 3 is 2.00 bits per heavy atom. The molecule has 1 aromatic carbocycles. The molecule has 1 aromatic rings. The lowest BCUT2D eigenvalue weighted by Gasteiger charge is -2.16. The van der Waals surface area contributed by atoms with Crippen molar-refractivity contribution in [1.29, 1.82) is 0 Å². The van der Waals surface area contributed by atoms with Gasteiger partial charge in [0.2, 0.25) is 0 Å². The van der Waals surface area contributed by atoms with Crippen molar-refractivity contribution >= 4 is 11.7 Å². The third-order valence-corrected chi connectivity index (χ3v) is 5.97. The summed E-state index contributed by atoms with van der Waals surface area (Å²) in [5.74, 6) is -0.302. The van der Waals surface area contributed by atoms with E-state index in [-0.39, 0.29) is 22.7 Å². The average molecular weight is 446 g/mol. The van der Waals surface area contributed by atoms with Crippen molar-refractivity contribution < 1.29 is 14.5 Å². The Bertz CT molecular complexity index is 659. The Kier molecular flexibility index (Phi) is 16.0. The maximum atomic E-state index is 11.4. The van der Waals surface area contributed by atoms with Crippen LogP contribution < -0.4 is 0 Å². The van der Waals surface area contributed by atoms with Crippen molar-refractivity contribution in [2.75, 3.05) is 0 Å². The Hall–Kier alpha value is -2.17. The number of esters is 1. The molecule has 0 aromatic heterocycles. The molecule has 1 rings (SSSR count). The van der Waals surface area contributed by atoms with Gasteiger partial charge in [0.15, 0.2) is 0 Å². The largest absolute Gasteiger partial charge is 0.459 e. The van der Waals surface area contributed by atoms with Crippen molar-refractivity contribution in [3.8, 4) is 0 Å². The van der Waals surface area contributed by atoms with Gasteiger partial charge in [0.05, 0.1) is 4.92 Å². The zero-order valence-electron chi connectivity index (χ0n) is 20.1. The molecule has 0 saturated carbocycles. The molecule has 5 heteroatoms. The minimum absolute atomic E-state index is 0.0494. The van der Waals surface area contributed by atoms with Crippen LogP contribution in [0.5, 0.6) is 0 Å². The number of carbonyl (C=O) groups excluding carboxylic acids is 1. The summed E-state index contributed by atoms with van der Waals surface area (Å²) in [4.78, 5) is 22.1. The number of para-hydroxylation sites is 1. The third-order valence-electron chi connectivity index (χ3n) is 5.97. The van der Waals surface area contributed by atoms with Gasteiger partial charge in [-0.2, -0.15) is 0 Å². The van der Waals surface area contributed by atoms with Crippen LogP contribution in [0.3, 0.4) is 0 Å². The minimum atomic E-state index is -0.302. The normalized spacial score (nSPS) is 11.8. The summed E-state index contributed by atoms with van der Waals surface area (Å²) in [6, 6.07) is 7.08. The number of nitro benzene ring substituents is 1. The van der Waals surface area contributed by atoms with Gasteiger partial charge in [0.25, 0.3) is 5.69 Å². The maximum absolute atomic E-state index is 11.4. The zero-order valence-corrected chi connectivity index (χ0v) is 20.1. The van der Waals surface area contributed by atoms with Crippen LogP contribution in [0, 0.1) is 10.1 Å². The number of benzene rings is 1. The molecule has 5 nitrogen and oxygen atoms in total. The van der Waals surface area contributed by atoms with Gasteiger partial charge in [0, 0.05) is 17.7 Å². The predicted octanol–water partition coefficient (Wildman–Crippen LogP) is 8.11. The van der Waals surface area contributed by atoms with Crippen molar-refractivity contribution in [3.63, 3.8) is 0 Å². The van der Waals surface area contributed by atoms with Gasteiger partial charge in [-0.05, 0) is 32.1 Å². The first kappa shape index (κ1) is 27.9. The quantitative estimate of drug-likeness (QED) is 0.0668. The summed E-state index contributed by atoms with van der Waals surface area (Å²) in [6.45, 7) is 5.59. The van der Waals surface area contributed by atoms with Crippen LogP contribution >= 0.6 is 0 Å². The highest BCUT2D eigenvalue weighted by Gasteiger charge is 2.12. The monoisotopic (exact) mass is 445 g/mol. The van der Waals surface area contributed by atoms with E-state index in [0.717, 1.165) is 50.5 Å². The van der Waals surface area contributed by atoms with Crippen LogP contribution in [0.2, 0.25) is 0 Å². The van der Waals surface area contributed by atoms with E-state index in [1.54, 1.807) is 12.1 Å². The highest BCUT2D eigenvalue weighted by molar-refractivity contribution is 5.81. The SMILES string of the molecule is C=CC(=O)O[C@@H](CCC)CCCCCCCCCCCCCCc1ccccc1[N+](=O)[O-]. The first-order valence-electron chi connectivity index (χ1n) is 12.6. The van der Waals surface area contributed by atoms with Gasteiger partial charge in [-0.15, -0.1) is 0 Å². The fourth-order valence-corrected chi connectivity index (χ4v) is 4.15. The van der Waals surface area contributed by atoms with E-state index in [9.17, 15) is 14.9 Å². The maximum Gasteiger partial charge on any atom is 0.330 e. The van der Waals surface area contributed by atoms with Gasteiger partial charge in [0.1, 0.15) is 6.10 Å². The average Bonchev–Trinajstić information content (AvgIpc) is 2.79. The highest BCUT2D eigenvalue weighted by Crippen LogP contribution is 2.21. The number of nitro groups is 1. The van der Waals surface area contributed by atoms with Crippen LogP contribution in [0.4, 0.5) is 5.69 Å². The number of hydrogen-bond acceptors (Lipinski definition) is 4. The molecular weight excluding hydrogens is 402 g/mol. The fourth-order valence-electron chi connectivity index (χ4n) is 4.15. The summed E-state index contributed by atoms with van der Waals surface area (Å²) in [5, 5.41) is 11.0. The van der Waals surface area contributed by atoms with Crippen molar-refractivity contribution in [1.82, 2.24) is 0 Å². The van der Waals surface area contributed by atoms with E-state index >= 15 is 0 Å². The van der Waals surface area contributed by atoms with E-state index < -0.39 is 0 Å². The molecule has 0 N–H and O–H groups in total. The molecule has 0 unspecified atom stereocenters. The van der Waals surface area contributed by atoms with Crippen LogP contribution in [0.15, 0.2) is 36.9 Å². The van der Waals surface area contributed by atoms with Gasteiger partial charge < -0.3 is 4.74 Å². The zero-order chi connectivity index (χ0) is 23.4. The van der Waals surface area contributed by atoms with E-state index in [4.69, 9.17) is 4.74 Å². The smallest absolute Gasteiger partial charge is 0.330 e. The summed E-state index contributed by atoms with van der Waals surface area (Å²) in [6.07, 6.45) is 19.8. The van der Waals surface area contributed by atoms with E-state index in [0.29, 0.717) is 0 Å². The molecule has 0 radical (unpaired) electrons. The van der Waals surface area contributed by atoms with Crippen LogP contribution in [-0.2, 0) is 16.0 Å². The number of nitrogens with zero attached hydrogens (tertiary/aromatic N) is 1. The Morgan fingerprint density at radius 2 is 1.47 bits per heavy atom. The molecule has 180 valence electrons. The topological polar surface area (TPSA) is 69.4 Å². The summed E-state index contributed by atoms with van der Waals surface area (Å²) in [5.41, 5.74) is 1.11. The first-order chi connectivity index (χ1) is 15.6.